The van der Waals surface area contributed by atoms with Crippen LogP contribution in [0.1, 0.15) is 54.0 Å². The number of allylic oxidation sites excluding steroid dienone is 2. The number of hydrogen-bond acceptors (Lipinski definition) is 8. The van der Waals surface area contributed by atoms with Crippen molar-refractivity contribution < 1.29 is 29.0 Å². The number of anilines is 1. The van der Waals surface area contributed by atoms with Gasteiger partial charge in [-0.25, -0.2) is 0 Å². The molecule has 2 aliphatic rings. The van der Waals surface area contributed by atoms with Gasteiger partial charge in [-0.3, -0.25) is 4.79 Å². The average Bonchev–Trinajstić information content (AvgIpc) is 3.19. The summed E-state index contributed by atoms with van der Waals surface area (Å²) < 4.78 is 16.4. The molecule has 0 fully saturated rings. The fraction of sp³-hybridized carbons (Fsp3) is 0.308. The fourth-order valence-corrected chi connectivity index (χ4v) is 4.97. The third-order valence-electron chi connectivity index (χ3n) is 6.55. The molecule has 0 spiro atoms. The zero-order chi connectivity index (χ0) is 24.0. The largest absolute Gasteiger partial charge is 0.504 e. The van der Waals surface area contributed by atoms with Gasteiger partial charge in [-0.05, 0) is 61.6 Å². The molecule has 0 unspecified atom stereocenters. The molecule has 1 aliphatic heterocycles. The Hall–Kier alpha value is -3.94. The molecule has 8 nitrogen and oxygen atoms in total. The SMILES string of the molecule is CCOc1cc([C@H]2C3=C(C[C@@H](c4ccc(O)c(OC)c4)CC3=O)Nc3onc(C)c32)ccc1O. The van der Waals surface area contributed by atoms with Crippen molar-refractivity contribution in [2.24, 2.45) is 0 Å². The monoisotopic (exact) mass is 462 g/mol. The zero-order valence-electron chi connectivity index (χ0n) is 19.2. The minimum Gasteiger partial charge on any atom is -0.504 e. The van der Waals surface area contributed by atoms with E-state index in [-0.39, 0.29) is 29.1 Å². The van der Waals surface area contributed by atoms with Gasteiger partial charge in [0, 0.05) is 23.6 Å². The topological polar surface area (TPSA) is 114 Å². The van der Waals surface area contributed by atoms with E-state index >= 15 is 0 Å². The Balaban J connectivity index is 1.60. The van der Waals surface area contributed by atoms with Crippen LogP contribution in [0, 0.1) is 6.92 Å². The summed E-state index contributed by atoms with van der Waals surface area (Å²) in [4.78, 5) is 13.6. The summed E-state index contributed by atoms with van der Waals surface area (Å²) in [6.07, 6.45) is 0.905. The Labute approximate surface area is 196 Å². The number of phenols is 2. The summed E-state index contributed by atoms with van der Waals surface area (Å²) >= 11 is 0. The number of phenolic OH excluding ortho intramolecular Hbond substituents is 2. The molecule has 2 heterocycles. The van der Waals surface area contributed by atoms with Crippen LogP contribution in [0.25, 0.3) is 0 Å². The van der Waals surface area contributed by atoms with E-state index in [0.717, 1.165) is 22.4 Å². The number of fused-ring (bicyclic) bond motifs is 1. The number of aromatic nitrogens is 1. The highest BCUT2D eigenvalue weighted by Crippen LogP contribution is 2.50. The van der Waals surface area contributed by atoms with E-state index in [1.165, 1.54) is 7.11 Å². The van der Waals surface area contributed by atoms with Crippen LogP contribution in [0.4, 0.5) is 5.88 Å². The highest BCUT2D eigenvalue weighted by molar-refractivity contribution is 6.01. The molecule has 3 N–H and O–H groups in total. The van der Waals surface area contributed by atoms with Crippen molar-refractivity contribution >= 4 is 11.7 Å². The first kappa shape index (κ1) is 21.9. The maximum Gasteiger partial charge on any atom is 0.233 e. The lowest BCUT2D eigenvalue weighted by Gasteiger charge is -2.34. The highest BCUT2D eigenvalue weighted by Gasteiger charge is 2.41. The van der Waals surface area contributed by atoms with Crippen molar-refractivity contribution in [3.63, 3.8) is 0 Å². The van der Waals surface area contributed by atoms with Gasteiger partial charge in [0.25, 0.3) is 0 Å². The molecule has 0 bridgehead atoms. The summed E-state index contributed by atoms with van der Waals surface area (Å²) in [5.74, 6) is 0.916. The Kier molecular flexibility index (Phi) is 5.43. The van der Waals surface area contributed by atoms with Crippen LogP contribution in [0.2, 0.25) is 0 Å². The number of ketones is 1. The van der Waals surface area contributed by atoms with Crippen LogP contribution in [-0.4, -0.2) is 34.9 Å². The van der Waals surface area contributed by atoms with Gasteiger partial charge in [0.05, 0.1) is 25.0 Å². The molecule has 176 valence electrons. The lowest BCUT2D eigenvalue weighted by molar-refractivity contribution is -0.116. The van der Waals surface area contributed by atoms with Gasteiger partial charge in [-0.2, -0.15) is 0 Å². The third-order valence-corrected chi connectivity index (χ3v) is 6.55. The Morgan fingerprint density at radius 3 is 2.53 bits per heavy atom. The molecular weight excluding hydrogens is 436 g/mol. The van der Waals surface area contributed by atoms with Gasteiger partial charge >= 0.3 is 0 Å². The predicted octanol–water partition coefficient (Wildman–Crippen LogP) is 4.76. The number of methoxy groups -OCH3 is 1. The van der Waals surface area contributed by atoms with Gasteiger partial charge < -0.3 is 29.5 Å². The van der Waals surface area contributed by atoms with E-state index < -0.39 is 0 Å². The molecule has 1 aromatic heterocycles. The van der Waals surface area contributed by atoms with E-state index in [4.69, 9.17) is 14.0 Å². The molecule has 34 heavy (non-hydrogen) atoms. The Morgan fingerprint density at radius 2 is 1.79 bits per heavy atom. The lowest BCUT2D eigenvalue weighted by atomic mass is 9.72. The number of hydrogen-bond donors (Lipinski definition) is 3. The van der Waals surface area contributed by atoms with E-state index in [0.29, 0.717) is 48.1 Å². The van der Waals surface area contributed by atoms with Crippen molar-refractivity contribution in [3.8, 4) is 23.0 Å². The second kappa shape index (κ2) is 8.44. The maximum absolute atomic E-state index is 13.6. The predicted molar refractivity (Wildman–Crippen MR) is 125 cm³/mol. The molecule has 1 aliphatic carbocycles. The molecule has 2 atom stereocenters. The van der Waals surface area contributed by atoms with E-state index in [9.17, 15) is 15.0 Å². The maximum atomic E-state index is 13.6. The van der Waals surface area contributed by atoms with Crippen LogP contribution < -0.4 is 14.8 Å². The van der Waals surface area contributed by atoms with Crippen molar-refractivity contribution in [2.45, 2.75) is 38.5 Å². The first-order valence-corrected chi connectivity index (χ1v) is 11.2. The van der Waals surface area contributed by atoms with Crippen LogP contribution >= 0.6 is 0 Å². The minimum atomic E-state index is -0.389. The fourth-order valence-electron chi connectivity index (χ4n) is 4.97. The smallest absolute Gasteiger partial charge is 0.233 e. The molecule has 5 rings (SSSR count). The molecule has 8 heteroatoms. The summed E-state index contributed by atoms with van der Waals surface area (Å²) in [6, 6.07) is 10.4. The average molecular weight is 463 g/mol. The molecule has 0 saturated carbocycles. The van der Waals surface area contributed by atoms with Crippen molar-refractivity contribution in [2.75, 3.05) is 19.0 Å². The molecule has 0 amide bonds. The van der Waals surface area contributed by atoms with Crippen LogP contribution in [0.3, 0.4) is 0 Å². The number of nitrogens with zero attached hydrogens (tertiary/aromatic N) is 1. The second-order valence-electron chi connectivity index (χ2n) is 8.58. The van der Waals surface area contributed by atoms with Crippen molar-refractivity contribution in [1.29, 1.82) is 0 Å². The van der Waals surface area contributed by atoms with E-state index in [1.807, 2.05) is 19.9 Å². The van der Waals surface area contributed by atoms with Crippen LogP contribution in [-0.2, 0) is 4.79 Å². The lowest BCUT2D eigenvalue weighted by Crippen LogP contribution is -2.29. The number of benzene rings is 2. The van der Waals surface area contributed by atoms with Gasteiger partial charge in [-0.1, -0.05) is 17.3 Å². The van der Waals surface area contributed by atoms with Gasteiger partial charge in [0.2, 0.25) is 5.88 Å². The standard InChI is InChI=1S/C26H26N2O6/c1-4-33-22-12-15(6-8-19(22)30)24-23-13(2)28-34-26(23)27-17-9-16(10-20(31)25(17)24)14-5-7-18(29)21(11-14)32-3/h5-8,11-12,16,24,27,29-30H,4,9-10H2,1-3H3/t16-,24-/m1/s1. The van der Waals surface area contributed by atoms with Crippen molar-refractivity contribution in [1.82, 2.24) is 5.16 Å². The highest BCUT2D eigenvalue weighted by atomic mass is 16.5. The van der Waals surface area contributed by atoms with Crippen LogP contribution in [0.15, 0.2) is 52.2 Å². The first-order valence-electron chi connectivity index (χ1n) is 11.2. The first-order chi connectivity index (χ1) is 16.4. The number of rotatable bonds is 5. The van der Waals surface area contributed by atoms with Gasteiger partial charge in [0.1, 0.15) is 0 Å². The summed E-state index contributed by atoms with van der Waals surface area (Å²) in [7, 11) is 1.50. The second-order valence-corrected chi connectivity index (χ2v) is 8.58. The molecular formula is C26H26N2O6. The number of aromatic hydroxyl groups is 2. The Morgan fingerprint density at radius 1 is 1.09 bits per heavy atom. The quantitative estimate of drug-likeness (QED) is 0.497. The number of Topliss-reactive ketones (excluding diaryl/α,β-unsaturated/α-hetero) is 1. The zero-order valence-corrected chi connectivity index (χ0v) is 19.2. The molecule has 0 saturated heterocycles. The molecule has 0 radical (unpaired) electrons. The summed E-state index contributed by atoms with van der Waals surface area (Å²) in [5, 5.41) is 27.6. The minimum absolute atomic E-state index is 0.0214. The summed E-state index contributed by atoms with van der Waals surface area (Å²) in [6.45, 7) is 4.11. The van der Waals surface area contributed by atoms with Gasteiger partial charge in [-0.15, -0.1) is 0 Å². The normalized spacial score (nSPS) is 19.3. The number of ether oxygens (including phenoxy) is 2. The van der Waals surface area contributed by atoms with E-state index in [1.54, 1.807) is 30.3 Å². The number of carbonyl (C=O) groups excluding carboxylic acids is 1. The van der Waals surface area contributed by atoms with Gasteiger partial charge in [0.15, 0.2) is 28.8 Å². The van der Waals surface area contributed by atoms with Crippen molar-refractivity contribution in [3.05, 3.63) is 70.1 Å². The van der Waals surface area contributed by atoms with Crippen LogP contribution in [0.5, 0.6) is 23.0 Å². The molecule has 2 aromatic carbocycles. The number of aryl methyl sites for hydroxylation is 1. The third kappa shape index (κ3) is 3.55. The number of nitrogens with one attached hydrogen (secondary N) is 1. The Bertz CT molecular complexity index is 1310. The summed E-state index contributed by atoms with van der Waals surface area (Å²) in [5.41, 5.74) is 4.70. The molecule has 3 aromatic rings. The van der Waals surface area contributed by atoms with E-state index in [2.05, 4.69) is 10.5 Å². The number of carbonyl (C=O) groups is 1.